The second kappa shape index (κ2) is 10.6. The van der Waals surface area contributed by atoms with E-state index in [1.165, 1.54) is 7.11 Å². The number of nitrogens with one attached hydrogen (secondary N) is 2. The summed E-state index contributed by atoms with van der Waals surface area (Å²) in [5.74, 6) is -0.150. The molecule has 9 heteroatoms. The van der Waals surface area contributed by atoms with Crippen molar-refractivity contribution in [3.63, 3.8) is 0 Å². The Bertz CT molecular complexity index is 993. The molecule has 0 bridgehead atoms. The SMILES string of the molecule is CCN(CC(=O)Nc1ccccc1C(=O)Nc1ccc2c(c1)OCO2)CC(C)C(=O)OC. The van der Waals surface area contributed by atoms with Crippen LogP contribution in [0.1, 0.15) is 24.2 Å². The van der Waals surface area contributed by atoms with Crippen molar-refractivity contribution >= 4 is 29.2 Å². The summed E-state index contributed by atoms with van der Waals surface area (Å²) in [6, 6.07) is 11.9. The lowest BCUT2D eigenvalue weighted by Gasteiger charge is -2.22. The first-order chi connectivity index (χ1) is 15.4. The van der Waals surface area contributed by atoms with E-state index < -0.39 is 0 Å². The summed E-state index contributed by atoms with van der Waals surface area (Å²) in [5.41, 5.74) is 1.27. The Balaban J connectivity index is 1.64. The quantitative estimate of drug-likeness (QED) is 0.577. The molecular weight excluding hydrogens is 414 g/mol. The fourth-order valence-corrected chi connectivity index (χ4v) is 3.32. The Kier molecular flexibility index (Phi) is 7.67. The van der Waals surface area contributed by atoms with Crippen LogP contribution in [0.3, 0.4) is 0 Å². The van der Waals surface area contributed by atoms with E-state index in [4.69, 9.17) is 14.2 Å². The topological polar surface area (TPSA) is 106 Å². The summed E-state index contributed by atoms with van der Waals surface area (Å²) in [7, 11) is 1.34. The number of hydrogen-bond acceptors (Lipinski definition) is 7. The van der Waals surface area contributed by atoms with Crippen molar-refractivity contribution in [2.75, 3.05) is 44.2 Å². The molecular formula is C23H27N3O6. The summed E-state index contributed by atoms with van der Waals surface area (Å²) in [6.45, 7) is 4.86. The van der Waals surface area contributed by atoms with E-state index in [2.05, 4.69) is 10.6 Å². The van der Waals surface area contributed by atoms with E-state index >= 15 is 0 Å². The van der Waals surface area contributed by atoms with Crippen LogP contribution in [0.25, 0.3) is 0 Å². The maximum atomic E-state index is 12.9. The Morgan fingerprint density at radius 3 is 2.59 bits per heavy atom. The molecule has 32 heavy (non-hydrogen) atoms. The molecule has 2 amide bonds. The minimum Gasteiger partial charge on any atom is -0.469 e. The molecule has 0 spiro atoms. The van der Waals surface area contributed by atoms with Crippen LogP contribution in [0.2, 0.25) is 0 Å². The highest BCUT2D eigenvalue weighted by Crippen LogP contribution is 2.34. The number of para-hydroxylation sites is 1. The summed E-state index contributed by atoms with van der Waals surface area (Å²) in [5, 5.41) is 5.61. The summed E-state index contributed by atoms with van der Waals surface area (Å²) in [6.07, 6.45) is 0. The molecule has 0 saturated heterocycles. The lowest BCUT2D eigenvalue weighted by molar-refractivity contribution is -0.145. The number of carbonyl (C=O) groups excluding carboxylic acids is 3. The zero-order valence-corrected chi connectivity index (χ0v) is 18.3. The van der Waals surface area contributed by atoms with Crippen molar-refractivity contribution in [2.45, 2.75) is 13.8 Å². The van der Waals surface area contributed by atoms with Gasteiger partial charge < -0.3 is 24.8 Å². The highest BCUT2D eigenvalue weighted by molar-refractivity contribution is 6.10. The summed E-state index contributed by atoms with van der Waals surface area (Å²) < 4.78 is 15.4. The third-order valence-corrected chi connectivity index (χ3v) is 5.03. The first-order valence-electron chi connectivity index (χ1n) is 10.3. The van der Waals surface area contributed by atoms with E-state index in [1.54, 1.807) is 49.4 Å². The molecule has 0 aliphatic carbocycles. The molecule has 1 aliphatic rings. The first kappa shape index (κ1) is 23.1. The number of carbonyl (C=O) groups is 3. The lowest BCUT2D eigenvalue weighted by atomic mass is 10.1. The monoisotopic (exact) mass is 441 g/mol. The molecule has 2 N–H and O–H groups in total. The Hall–Kier alpha value is -3.59. The van der Waals surface area contributed by atoms with E-state index in [9.17, 15) is 14.4 Å². The van der Waals surface area contributed by atoms with Crippen LogP contribution in [-0.4, -0.2) is 56.2 Å². The molecule has 1 heterocycles. The minimum absolute atomic E-state index is 0.0793. The van der Waals surface area contributed by atoms with E-state index in [0.29, 0.717) is 41.5 Å². The second-order valence-corrected chi connectivity index (χ2v) is 7.37. The normalized spacial score (nSPS) is 12.9. The number of benzene rings is 2. The fourth-order valence-electron chi connectivity index (χ4n) is 3.32. The maximum Gasteiger partial charge on any atom is 0.309 e. The number of likely N-dealkylation sites (N-methyl/N-ethyl adjacent to an activating group) is 1. The zero-order valence-electron chi connectivity index (χ0n) is 18.3. The molecule has 0 radical (unpaired) electrons. The van der Waals surface area contributed by atoms with Crippen LogP contribution >= 0.6 is 0 Å². The number of amides is 2. The lowest BCUT2D eigenvalue weighted by Crippen LogP contribution is -2.38. The first-order valence-corrected chi connectivity index (χ1v) is 10.3. The van der Waals surface area contributed by atoms with Crippen LogP contribution in [0.5, 0.6) is 11.5 Å². The maximum absolute atomic E-state index is 12.9. The van der Waals surface area contributed by atoms with Gasteiger partial charge in [0, 0.05) is 18.3 Å². The van der Waals surface area contributed by atoms with Gasteiger partial charge in [-0.3, -0.25) is 19.3 Å². The van der Waals surface area contributed by atoms with Gasteiger partial charge in [0.05, 0.1) is 30.8 Å². The third kappa shape index (κ3) is 5.76. The molecule has 2 aromatic carbocycles. The molecule has 170 valence electrons. The van der Waals surface area contributed by atoms with E-state index in [0.717, 1.165) is 0 Å². The average molecular weight is 441 g/mol. The van der Waals surface area contributed by atoms with Gasteiger partial charge in [0.1, 0.15) is 0 Å². The van der Waals surface area contributed by atoms with Crippen LogP contribution in [0.15, 0.2) is 42.5 Å². The zero-order chi connectivity index (χ0) is 23.1. The molecule has 0 aromatic heterocycles. The van der Waals surface area contributed by atoms with E-state index in [-0.39, 0.29) is 37.0 Å². The van der Waals surface area contributed by atoms with Crippen LogP contribution in [0.4, 0.5) is 11.4 Å². The second-order valence-electron chi connectivity index (χ2n) is 7.37. The van der Waals surface area contributed by atoms with Gasteiger partial charge in [-0.25, -0.2) is 0 Å². The largest absolute Gasteiger partial charge is 0.469 e. The Labute approximate surface area is 186 Å². The molecule has 1 aliphatic heterocycles. The van der Waals surface area contributed by atoms with Crippen molar-refractivity contribution < 1.29 is 28.6 Å². The highest BCUT2D eigenvalue weighted by atomic mass is 16.7. The molecule has 9 nitrogen and oxygen atoms in total. The number of ether oxygens (including phenoxy) is 3. The van der Waals surface area contributed by atoms with Gasteiger partial charge in [0.25, 0.3) is 5.91 Å². The highest BCUT2D eigenvalue weighted by Gasteiger charge is 2.20. The number of esters is 1. The molecule has 2 aromatic rings. The molecule has 0 fully saturated rings. The molecule has 1 unspecified atom stereocenters. The van der Waals surface area contributed by atoms with Gasteiger partial charge >= 0.3 is 5.97 Å². The predicted molar refractivity (Wildman–Crippen MR) is 119 cm³/mol. The number of anilines is 2. The number of nitrogens with zero attached hydrogens (tertiary/aromatic N) is 1. The number of methoxy groups -OCH3 is 1. The number of rotatable bonds is 9. The third-order valence-electron chi connectivity index (χ3n) is 5.03. The number of hydrogen-bond donors (Lipinski definition) is 2. The smallest absolute Gasteiger partial charge is 0.309 e. The van der Waals surface area contributed by atoms with Crippen LogP contribution < -0.4 is 20.1 Å². The van der Waals surface area contributed by atoms with Crippen molar-refractivity contribution in [2.24, 2.45) is 5.92 Å². The average Bonchev–Trinajstić information content (AvgIpc) is 3.26. The Morgan fingerprint density at radius 2 is 1.84 bits per heavy atom. The standard InChI is InChI=1S/C23H27N3O6/c1-4-26(12-15(2)23(29)30-3)13-21(27)25-18-8-6-5-7-17(18)22(28)24-16-9-10-19-20(11-16)32-14-31-19/h5-11,15H,4,12-14H2,1-3H3,(H,24,28)(H,25,27). The number of fused-ring (bicyclic) bond motifs is 1. The van der Waals surface area contributed by atoms with Gasteiger partial charge in [-0.05, 0) is 30.8 Å². The van der Waals surface area contributed by atoms with Crippen molar-refractivity contribution in [1.29, 1.82) is 0 Å². The van der Waals surface area contributed by atoms with E-state index in [1.807, 2.05) is 11.8 Å². The van der Waals surface area contributed by atoms with Crippen LogP contribution in [0, 0.1) is 5.92 Å². The Morgan fingerprint density at radius 1 is 1.09 bits per heavy atom. The summed E-state index contributed by atoms with van der Waals surface area (Å²) in [4.78, 5) is 39.0. The van der Waals surface area contributed by atoms with Gasteiger partial charge in [0.15, 0.2) is 11.5 Å². The molecule has 3 rings (SSSR count). The predicted octanol–water partition coefficient (Wildman–Crippen LogP) is 2.74. The van der Waals surface area contributed by atoms with Gasteiger partial charge in [-0.15, -0.1) is 0 Å². The van der Waals surface area contributed by atoms with Gasteiger partial charge in [-0.2, -0.15) is 0 Å². The van der Waals surface area contributed by atoms with Crippen molar-refractivity contribution in [3.05, 3.63) is 48.0 Å². The van der Waals surface area contributed by atoms with Crippen molar-refractivity contribution in [3.8, 4) is 11.5 Å². The molecule has 1 atom stereocenters. The fraction of sp³-hybridized carbons (Fsp3) is 0.348. The van der Waals surface area contributed by atoms with Gasteiger partial charge in [0.2, 0.25) is 12.7 Å². The van der Waals surface area contributed by atoms with Crippen molar-refractivity contribution in [1.82, 2.24) is 4.90 Å². The molecule has 0 saturated carbocycles. The van der Waals surface area contributed by atoms with Crippen LogP contribution in [-0.2, 0) is 14.3 Å². The van der Waals surface area contributed by atoms with Gasteiger partial charge in [-0.1, -0.05) is 26.0 Å². The summed E-state index contributed by atoms with van der Waals surface area (Å²) >= 11 is 0. The minimum atomic E-state index is -0.369.